The fourth-order valence-electron chi connectivity index (χ4n) is 1.75. The molecule has 0 aromatic heterocycles. The van der Waals surface area contributed by atoms with E-state index in [0.717, 1.165) is 17.5 Å². The fraction of sp³-hybridized carbons (Fsp3) is 0.500. The summed E-state index contributed by atoms with van der Waals surface area (Å²) in [5.41, 5.74) is 12.3. The van der Waals surface area contributed by atoms with Crippen LogP contribution in [0.25, 0.3) is 0 Å². The molecule has 1 aromatic carbocycles. The SMILES string of the molecule is CCc1cc(CCNC(N)=O)cc(OC[C@H](F)CN)c1. The number of alkyl halides is 1. The number of primary amides is 1. The average molecular weight is 283 g/mol. The highest BCUT2D eigenvalue weighted by atomic mass is 19.1. The maximum absolute atomic E-state index is 13.1. The standard InChI is InChI=1S/C14H22FN3O2/c1-2-10-5-11(3-4-18-14(17)19)7-13(6-10)20-9-12(15)8-16/h5-7,12H,2-4,8-9,16H2,1H3,(H3,17,18,19)/t12-/m1/s1. The number of carbonyl (C=O) groups is 1. The van der Waals surface area contributed by atoms with Crippen LogP contribution in [-0.4, -0.2) is 31.9 Å². The summed E-state index contributed by atoms with van der Waals surface area (Å²) in [6, 6.07) is 5.21. The third-order valence-corrected chi connectivity index (χ3v) is 2.83. The molecule has 0 spiro atoms. The molecule has 0 radical (unpaired) electrons. The van der Waals surface area contributed by atoms with Gasteiger partial charge in [-0.05, 0) is 36.1 Å². The van der Waals surface area contributed by atoms with Crippen molar-refractivity contribution in [1.82, 2.24) is 5.32 Å². The van der Waals surface area contributed by atoms with Gasteiger partial charge in [-0.1, -0.05) is 13.0 Å². The number of hydrogen-bond acceptors (Lipinski definition) is 3. The number of rotatable bonds is 8. The number of carbonyl (C=O) groups excluding carboxylic acids is 1. The van der Waals surface area contributed by atoms with Crippen LogP contribution in [0.5, 0.6) is 5.75 Å². The maximum Gasteiger partial charge on any atom is 0.312 e. The van der Waals surface area contributed by atoms with Gasteiger partial charge in [0, 0.05) is 13.1 Å². The second-order valence-electron chi connectivity index (χ2n) is 4.52. The van der Waals surface area contributed by atoms with Crippen LogP contribution in [0.1, 0.15) is 18.1 Å². The van der Waals surface area contributed by atoms with E-state index in [1.807, 2.05) is 25.1 Å². The van der Waals surface area contributed by atoms with Crippen molar-refractivity contribution >= 4 is 6.03 Å². The zero-order valence-electron chi connectivity index (χ0n) is 11.7. The molecule has 0 unspecified atom stereocenters. The molecule has 1 aromatic rings. The van der Waals surface area contributed by atoms with Gasteiger partial charge < -0.3 is 21.5 Å². The quantitative estimate of drug-likeness (QED) is 0.668. The van der Waals surface area contributed by atoms with Gasteiger partial charge in [-0.3, -0.25) is 0 Å². The molecule has 5 N–H and O–H groups in total. The molecule has 0 heterocycles. The minimum Gasteiger partial charge on any atom is -0.490 e. The lowest BCUT2D eigenvalue weighted by molar-refractivity contribution is 0.201. The van der Waals surface area contributed by atoms with Crippen molar-refractivity contribution in [3.05, 3.63) is 29.3 Å². The van der Waals surface area contributed by atoms with E-state index < -0.39 is 12.2 Å². The lowest BCUT2D eigenvalue weighted by Gasteiger charge is -2.12. The van der Waals surface area contributed by atoms with E-state index in [4.69, 9.17) is 16.2 Å². The number of nitrogens with one attached hydrogen (secondary N) is 1. The lowest BCUT2D eigenvalue weighted by Crippen LogP contribution is -2.30. The third-order valence-electron chi connectivity index (χ3n) is 2.83. The summed E-state index contributed by atoms with van der Waals surface area (Å²) in [7, 11) is 0. The van der Waals surface area contributed by atoms with E-state index in [0.29, 0.717) is 18.7 Å². The Labute approximate surface area is 118 Å². The van der Waals surface area contributed by atoms with Crippen LogP contribution < -0.4 is 21.5 Å². The fourth-order valence-corrected chi connectivity index (χ4v) is 1.75. The molecule has 2 amide bonds. The summed E-state index contributed by atoms with van der Waals surface area (Å²) in [6.45, 7) is 2.38. The molecule has 1 atom stereocenters. The average Bonchev–Trinajstić information content (AvgIpc) is 2.44. The predicted octanol–water partition coefficient (Wildman–Crippen LogP) is 1.14. The first kappa shape index (κ1) is 16.2. The molecule has 0 aliphatic carbocycles. The van der Waals surface area contributed by atoms with Crippen molar-refractivity contribution in [3.63, 3.8) is 0 Å². The first-order chi connectivity index (χ1) is 9.55. The molecule has 0 aliphatic rings. The van der Waals surface area contributed by atoms with Crippen molar-refractivity contribution in [2.45, 2.75) is 25.9 Å². The molecule has 6 heteroatoms. The molecule has 0 bridgehead atoms. The van der Waals surface area contributed by atoms with Gasteiger partial charge in [-0.25, -0.2) is 9.18 Å². The number of aryl methyl sites for hydroxylation is 1. The molecular formula is C14H22FN3O2. The monoisotopic (exact) mass is 283 g/mol. The van der Waals surface area contributed by atoms with E-state index in [-0.39, 0.29) is 13.2 Å². The number of benzene rings is 1. The van der Waals surface area contributed by atoms with Crippen LogP contribution >= 0.6 is 0 Å². The van der Waals surface area contributed by atoms with Crippen LogP contribution in [-0.2, 0) is 12.8 Å². The molecule has 112 valence electrons. The zero-order chi connectivity index (χ0) is 15.0. The van der Waals surface area contributed by atoms with Crippen molar-refractivity contribution in [2.24, 2.45) is 11.5 Å². The van der Waals surface area contributed by atoms with Gasteiger partial charge in [0.05, 0.1) is 0 Å². The second-order valence-corrected chi connectivity index (χ2v) is 4.52. The number of halogens is 1. The van der Waals surface area contributed by atoms with E-state index in [1.165, 1.54) is 0 Å². The molecular weight excluding hydrogens is 261 g/mol. The Balaban J connectivity index is 2.67. The summed E-state index contributed by atoms with van der Waals surface area (Å²) in [5, 5.41) is 2.53. The molecule has 0 aliphatic heterocycles. The third kappa shape index (κ3) is 5.88. The van der Waals surface area contributed by atoms with E-state index in [2.05, 4.69) is 5.32 Å². The first-order valence-corrected chi connectivity index (χ1v) is 6.68. The maximum atomic E-state index is 13.1. The Morgan fingerprint density at radius 1 is 1.40 bits per heavy atom. The lowest BCUT2D eigenvalue weighted by atomic mass is 10.1. The Hall–Kier alpha value is -1.82. The molecule has 20 heavy (non-hydrogen) atoms. The van der Waals surface area contributed by atoms with E-state index in [1.54, 1.807) is 0 Å². The number of urea groups is 1. The molecule has 5 nitrogen and oxygen atoms in total. The van der Waals surface area contributed by atoms with Gasteiger partial charge in [-0.2, -0.15) is 0 Å². The summed E-state index contributed by atoms with van der Waals surface area (Å²) >= 11 is 0. The van der Waals surface area contributed by atoms with Gasteiger partial charge >= 0.3 is 6.03 Å². The van der Waals surface area contributed by atoms with Crippen LogP contribution in [0.15, 0.2) is 18.2 Å². The topological polar surface area (TPSA) is 90.4 Å². The first-order valence-electron chi connectivity index (χ1n) is 6.68. The molecule has 1 rings (SSSR count). The van der Waals surface area contributed by atoms with Crippen molar-refractivity contribution in [1.29, 1.82) is 0 Å². The van der Waals surface area contributed by atoms with Crippen LogP contribution in [0.2, 0.25) is 0 Å². The minimum absolute atomic E-state index is 0.0527. The number of amides is 2. The summed E-state index contributed by atoms with van der Waals surface area (Å²) in [5.74, 6) is 0.620. The van der Waals surface area contributed by atoms with Crippen molar-refractivity contribution in [2.75, 3.05) is 19.7 Å². The predicted molar refractivity (Wildman–Crippen MR) is 76.6 cm³/mol. The normalized spacial score (nSPS) is 11.9. The Kier molecular flexibility index (Phi) is 6.79. The molecule has 0 fully saturated rings. The van der Waals surface area contributed by atoms with Crippen molar-refractivity contribution < 1.29 is 13.9 Å². The summed E-state index contributed by atoms with van der Waals surface area (Å²) in [6.07, 6.45) is 0.326. The highest BCUT2D eigenvalue weighted by Gasteiger charge is 2.06. The largest absolute Gasteiger partial charge is 0.490 e. The summed E-state index contributed by atoms with van der Waals surface area (Å²) in [4.78, 5) is 10.6. The van der Waals surface area contributed by atoms with Gasteiger partial charge in [0.25, 0.3) is 0 Å². The minimum atomic E-state index is -1.17. The van der Waals surface area contributed by atoms with E-state index >= 15 is 0 Å². The summed E-state index contributed by atoms with van der Waals surface area (Å²) < 4.78 is 18.5. The van der Waals surface area contributed by atoms with Gasteiger partial charge in [0.1, 0.15) is 18.5 Å². The van der Waals surface area contributed by atoms with Crippen LogP contribution in [0.3, 0.4) is 0 Å². The molecule has 0 saturated heterocycles. The number of ether oxygens (including phenoxy) is 1. The Bertz CT molecular complexity index is 440. The van der Waals surface area contributed by atoms with Crippen LogP contribution in [0.4, 0.5) is 9.18 Å². The van der Waals surface area contributed by atoms with Crippen molar-refractivity contribution in [3.8, 4) is 5.75 Å². The van der Waals surface area contributed by atoms with Gasteiger partial charge in [-0.15, -0.1) is 0 Å². The highest BCUT2D eigenvalue weighted by molar-refractivity contribution is 5.71. The number of hydrogen-bond donors (Lipinski definition) is 3. The molecule has 0 saturated carbocycles. The Morgan fingerprint density at radius 2 is 2.10 bits per heavy atom. The van der Waals surface area contributed by atoms with E-state index in [9.17, 15) is 9.18 Å². The highest BCUT2D eigenvalue weighted by Crippen LogP contribution is 2.18. The zero-order valence-corrected chi connectivity index (χ0v) is 11.7. The second kappa shape index (κ2) is 8.37. The van der Waals surface area contributed by atoms with Gasteiger partial charge in [0.2, 0.25) is 0 Å². The smallest absolute Gasteiger partial charge is 0.312 e. The van der Waals surface area contributed by atoms with Crippen LogP contribution in [0, 0.1) is 0 Å². The number of nitrogens with two attached hydrogens (primary N) is 2. The Morgan fingerprint density at radius 3 is 2.70 bits per heavy atom. The van der Waals surface area contributed by atoms with Gasteiger partial charge in [0.15, 0.2) is 0 Å².